The molecule has 1 fully saturated rings. The van der Waals surface area contributed by atoms with Crippen molar-refractivity contribution in [3.63, 3.8) is 0 Å². The summed E-state index contributed by atoms with van der Waals surface area (Å²) in [4.78, 5) is 15.6. The number of benzene rings is 3. The Morgan fingerprint density at radius 1 is 0.956 bits per heavy atom. The molecule has 0 aliphatic carbocycles. The number of carbonyl (C=O) groups excluding carboxylic acids is 1. The van der Waals surface area contributed by atoms with Gasteiger partial charge in [0.05, 0.1) is 24.1 Å². The summed E-state index contributed by atoms with van der Waals surface area (Å²) in [5.74, 6) is -1.55. The number of rotatable bonds is 10. The summed E-state index contributed by atoms with van der Waals surface area (Å²) in [7, 11) is -6.28. The van der Waals surface area contributed by atoms with Crippen molar-refractivity contribution in [2.75, 3.05) is 19.8 Å². The molecule has 3 aromatic rings. The zero-order chi connectivity index (χ0) is 33.4. The Kier molecular flexibility index (Phi) is 10.2. The Morgan fingerprint density at radius 3 is 1.91 bits per heavy atom. The zero-order valence-electron chi connectivity index (χ0n) is 26.3. The Labute approximate surface area is 266 Å². The lowest BCUT2D eigenvalue weighted by atomic mass is 9.87. The highest BCUT2D eigenvalue weighted by atomic mass is 32.2. The van der Waals surface area contributed by atoms with Gasteiger partial charge in [-0.2, -0.15) is 17.2 Å². The van der Waals surface area contributed by atoms with Crippen molar-refractivity contribution in [1.29, 1.82) is 0 Å². The van der Waals surface area contributed by atoms with Gasteiger partial charge in [-0.05, 0) is 86.2 Å². The molecule has 2 atom stereocenters. The van der Waals surface area contributed by atoms with Gasteiger partial charge in [-0.15, -0.1) is 0 Å². The molecule has 8 nitrogen and oxygen atoms in total. The minimum Gasteiger partial charge on any atom is -0.424 e. The van der Waals surface area contributed by atoms with E-state index in [9.17, 15) is 22.0 Å². The van der Waals surface area contributed by atoms with Crippen molar-refractivity contribution in [3.8, 4) is 5.75 Å². The number of ether oxygens (including phenoxy) is 4. The standard InChI is InChI=1S/C33H38F2O8S2/c1-21-18-28(19-22(2)30(21)43-29(36)20-40-23(3)33(34,35)45(37,38)39)44(26-12-8-24(9-13-26)31(4,5)6)27-14-10-25(11-15-27)32(7)41-16-17-42-32/h8-15,18-19,23H,16-17,20H2,1-7H3/p+1. The SMILES string of the molecule is Cc1cc([S+](c2ccc(C(C)(C)C)cc2)c2ccc(C3(C)OCCO3)cc2)cc(C)c1OC(=O)COC(C)C(F)(F)S(=O)(=O)O. The summed E-state index contributed by atoms with van der Waals surface area (Å²) < 4.78 is 80.2. The number of hydrogen-bond donors (Lipinski definition) is 1. The number of carbonyl (C=O) groups is 1. The molecule has 12 heteroatoms. The van der Waals surface area contributed by atoms with Crippen LogP contribution in [0, 0.1) is 13.8 Å². The predicted molar refractivity (Wildman–Crippen MR) is 166 cm³/mol. The van der Waals surface area contributed by atoms with Gasteiger partial charge in [-0.3, -0.25) is 4.55 Å². The first-order valence-corrected chi connectivity index (χ1v) is 17.0. The molecule has 3 aromatic carbocycles. The third-order valence-corrected chi connectivity index (χ3v) is 10.8. The van der Waals surface area contributed by atoms with Crippen LogP contribution in [0.2, 0.25) is 0 Å². The summed E-state index contributed by atoms with van der Waals surface area (Å²) in [5, 5.41) is -4.59. The molecular weight excluding hydrogens is 626 g/mol. The third kappa shape index (κ3) is 7.75. The van der Waals surface area contributed by atoms with Gasteiger partial charge in [0.1, 0.15) is 18.5 Å². The van der Waals surface area contributed by atoms with Crippen LogP contribution in [0.25, 0.3) is 0 Å². The fourth-order valence-corrected chi connectivity index (χ4v) is 7.62. The number of hydrogen-bond acceptors (Lipinski definition) is 7. The second-order valence-electron chi connectivity index (χ2n) is 12.1. The van der Waals surface area contributed by atoms with Crippen LogP contribution < -0.4 is 4.74 Å². The zero-order valence-corrected chi connectivity index (χ0v) is 28.0. The molecule has 1 aliphatic rings. The Hall–Kier alpha value is -2.87. The first-order valence-electron chi connectivity index (χ1n) is 14.3. The van der Waals surface area contributed by atoms with Crippen LogP contribution in [0.1, 0.15) is 56.9 Å². The van der Waals surface area contributed by atoms with Gasteiger partial charge in [0.25, 0.3) is 0 Å². The highest BCUT2D eigenvalue weighted by molar-refractivity contribution is 7.97. The molecule has 1 heterocycles. The van der Waals surface area contributed by atoms with Crippen molar-refractivity contribution in [1.82, 2.24) is 0 Å². The van der Waals surface area contributed by atoms with E-state index in [2.05, 4.69) is 57.2 Å². The molecule has 45 heavy (non-hydrogen) atoms. The second-order valence-corrected chi connectivity index (χ2v) is 15.6. The van der Waals surface area contributed by atoms with E-state index in [4.69, 9.17) is 23.5 Å². The van der Waals surface area contributed by atoms with Gasteiger partial charge in [-0.1, -0.05) is 32.9 Å². The van der Waals surface area contributed by atoms with Gasteiger partial charge in [0.2, 0.25) is 0 Å². The fraction of sp³-hybridized carbons (Fsp3) is 0.424. The molecule has 4 rings (SSSR count). The molecule has 0 saturated carbocycles. The van der Waals surface area contributed by atoms with Crippen molar-refractivity contribution >= 4 is 27.0 Å². The Balaban J connectivity index is 1.64. The fourth-order valence-electron chi connectivity index (χ4n) is 4.91. The molecule has 1 aliphatic heterocycles. The van der Waals surface area contributed by atoms with E-state index >= 15 is 0 Å². The lowest BCUT2D eigenvalue weighted by molar-refractivity contribution is -0.149. The normalized spacial score (nSPS) is 16.8. The predicted octanol–water partition coefficient (Wildman–Crippen LogP) is 6.71. The van der Waals surface area contributed by atoms with Crippen molar-refractivity contribution in [2.24, 2.45) is 0 Å². The number of aryl methyl sites for hydroxylation is 2. The molecule has 244 valence electrons. The first-order chi connectivity index (χ1) is 20.8. The van der Waals surface area contributed by atoms with Crippen molar-refractivity contribution in [2.45, 2.75) is 85.7 Å². The first kappa shape index (κ1) is 35.0. The average molecular weight is 666 g/mol. The van der Waals surface area contributed by atoms with Crippen LogP contribution in [-0.2, 0) is 51.2 Å². The monoisotopic (exact) mass is 665 g/mol. The van der Waals surface area contributed by atoms with E-state index in [1.165, 1.54) is 5.56 Å². The van der Waals surface area contributed by atoms with E-state index < -0.39 is 50.7 Å². The van der Waals surface area contributed by atoms with Gasteiger partial charge in [0, 0.05) is 17.7 Å². The highest BCUT2D eigenvalue weighted by Crippen LogP contribution is 2.38. The van der Waals surface area contributed by atoms with Gasteiger partial charge >= 0.3 is 21.3 Å². The molecule has 0 aromatic heterocycles. The van der Waals surface area contributed by atoms with Crippen LogP contribution in [0.4, 0.5) is 8.78 Å². The summed E-state index contributed by atoms with van der Waals surface area (Å²) >= 11 is 0. The van der Waals surface area contributed by atoms with E-state index in [1.807, 2.05) is 31.2 Å². The number of halogens is 2. The molecule has 0 bridgehead atoms. The van der Waals surface area contributed by atoms with Crippen LogP contribution in [-0.4, -0.2) is 50.1 Å². The van der Waals surface area contributed by atoms with Crippen LogP contribution in [0.3, 0.4) is 0 Å². The largest absolute Gasteiger partial charge is 0.424 e. The topological polar surface area (TPSA) is 108 Å². The van der Waals surface area contributed by atoms with E-state index in [-0.39, 0.29) is 11.2 Å². The van der Waals surface area contributed by atoms with Crippen molar-refractivity contribution in [3.05, 3.63) is 82.9 Å². The third-order valence-electron chi connectivity index (χ3n) is 7.56. The van der Waals surface area contributed by atoms with E-state index in [0.29, 0.717) is 24.3 Å². The lowest BCUT2D eigenvalue weighted by Gasteiger charge is -2.23. The van der Waals surface area contributed by atoms with E-state index in [1.54, 1.807) is 13.8 Å². The Bertz CT molecular complexity index is 1600. The second kappa shape index (κ2) is 13.1. The van der Waals surface area contributed by atoms with Crippen LogP contribution in [0.5, 0.6) is 5.75 Å². The maximum Gasteiger partial charge on any atom is 0.394 e. The molecule has 0 spiro atoms. The maximum absolute atomic E-state index is 13.8. The smallest absolute Gasteiger partial charge is 0.394 e. The molecule has 2 unspecified atom stereocenters. The van der Waals surface area contributed by atoms with Crippen LogP contribution >= 0.6 is 0 Å². The van der Waals surface area contributed by atoms with Gasteiger partial charge < -0.3 is 18.9 Å². The highest BCUT2D eigenvalue weighted by Gasteiger charge is 2.50. The summed E-state index contributed by atoms with van der Waals surface area (Å²) in [6.07, 6.45) is -2.28. The average Bonchev–Trinajstić information content (AvgIpc) is 3.41. The number of alkyl halides is 2. The summed E-state index contributed by atoms with van der Waals surface area (Å²) in [6, 6.07) is 20.5. The molecular formula is C33H39F2O8S2+. The molecule has 0 amide bonds. The Morgan fingerprint density at radius 2 is 1.44 bits per heavy atom. The molecule has 0 radical (unpaired) electrons. The minimum absolute atomic E-state index is 0.0159. The molecule has 1 saturated heterocycles. The summed E-state index contributed by atoms with van der Waals surface area (Å²) in [5.41, 5.74) is 3.37. The number of esters is 1. The van der Waals surface area contributed by atoms with E-state index in [0.717, 1.165) is 27.2 Å². The maximum atomic E-state index is 13.8. The summed E-state index contributed by atoms with van der Waals surface area (Å²) in [6.45, 7) is 12.8. The van der Waals surface area contributed by atoms with Gasteiger partial charge in [-0.25, -0.2) is 4.79 Å². The van der Waals surface area contributed by atoms with Gasteiger partial charge in [0.15, 0.2) is 20.5 Å². The van der Waals surface area contributed by atoms with Crippen LogP contribution in [0.15, 0.2) is 75.4 Å². The lowest BCUT2D eigenvalue weighted by Crippen LogP contribution is -2.42. The minimum atomic E-state index is -5.72. The van der Waals surface area contributed by atoms with Crippen molar-refractivity contribution < 1.29 is 45.5 Å². The molecule has 1 N–H and O–H groups in total. The quantitative estimate of drug-likeness (QED) is 0.110.